The zero-order chi connectivity index (χ0) is 14.8. The summed E-state index contributed by atoms with van der Waals surface area (Å²) in [5, 5.41) is 5.46. The van der Waals surface area contributed by atoms with Gasteiger partial charge >= 0.3 is 0 Å². The van der Waals surface area contributed by atoms with Crippen molar-refractivity contribution >= 4 is 33.0 Å². The van der Waals surface area contributed by atoms with Gasteiger partial charge in [-0.3, -0.25) is 0 Å². The van der Waals surface area contributed by atoms with Gasteiger partial charge in [-0.25, -0.2) is 4.39 Å². The quantitative estimate of drug-likeness (QED) is 0.804. The van der Waals surface area contributed by atoms with Crippen LogP contribution in [0.2, 0.25) is 0 Å². The molecule has 0 spiro atoms. The normalized spacial score (nSPS) is 14.4. The third-order valence-electron chi connectivity index (χ3n) is 3.61. The van der Waals surface area contributed by atoms with Crippen LogP contribution in [0.3, 0.4) is 0 Å². The molecule has 0 amide bonds. The van der Waals surface area contributed by atoms with Gasteiger partial charge in [0.25, 0.3) is 0 Å². The van der Waals surface area contributed by atoms with Gasteiger partial charge in [0.15, 0.2) is 0 Å². The van der Waals surface area contributed by atoms with E-state index in [1.165, 1.54) is 17.7 Å². The van der Waals surface area contributed by atoms with E-state index in [1.807, 2.05) is 29.5 Å². The third-order valence-corrected chi connectivity index (χ3v) is 5.29. The molecule has 1 aromatic heterocycles. The first-order valence-electron chi connectivity index (χ1n) is 7.07. The van der Waals surface area contributed by atoms with Gasteiger partial charge in [0.1, 0.15) is 5.82 Å². The van der Waals surface area contributed by atoms with Crippen LogP contribution in [0.15, 0.2) is 34.1 Å². The van der Waals surface area contributed by atoms with Gasteiger partial charge in [0.2, 0.25) is 0 Å². The average Bonchev–Trinajstić information content (AvgIpc) is 3.19. The molecular formula is C16H18BrFN2S. The van der Waals surface area contributed by atoms with E-state index in [-0.39, 0.29) is 5.82 Å². The maximum absolute atomic E-state index is 14.3. The number of nitrogens with zero attached hydrogens (tertiary/aromatic N) is 1. The minimum atomic E-state index is -0.150. The molecule has 0 bridgehead atoms. The Labute approximate surface area is 137 Å². The summed E-state index contributed by atoms with van der Waals surface area (Å²) in [4.78, 5) is 3.16. The smallest absolute Gasteiger partial charge is 0.146 e. The van der Waals surface area contributed by atoms with E-state index in [4.69, 9.17) is 0 Å². The lowest BCUT2D eigenvalue weighted by Crippen LogP contribution is -2.18. The predicted molar refractivity (Wildman–Crippen MR) is 90.4 cm³/mol. The van der Waals surface area contributed by atoms with E-state index < -0.39 is 0 Å². The monoisotopic (exact) mass is 368 g/mol. The number of rotatable bonds is 6. The molecule has 1 aliphatic rings. The maximum Gasteiger partial charge on any atom is 0.146 e. The molecule has 1 heterocycles. The Hall–Kier alpha value is -0.910. The van der Waals surface area contributed by atoms with Crippen molar-refractivity contribution in [2.24, 2.45) is 0 Å². The highest BCUT2D eigenvalue weighted by atomic mass is 79.9. The van der Waals surface area contributed by atoms with Crippen LogP contribution in [0.1, 0.15) is 23.3 Å². The minimum absolute atomic E-state index is 0.150. The molecule has 1 fully saturated rings. The molecule has 1 N–H and O–H groups in total. The number of hydrogen-bond donors (Lipinski definition) is 1. The Balaban J connectivity index is 1.65. The number of thiophene rings is 1. The fourth-order valence-corrected chi connectivity index (χ4v) is 3.78. The highest BCUT2D eigenvalue weighted by Crippen LogP contribution is 2.26. The Morgan fingerprint density at radius 1 is 1.38 bits per heavy atom. The van der Waals surface area contributed by atoms with Crippen molar-refractivity contribution in [2.45, 2.75) is 32.0 Å². The fourth-order valence-electron chi connectivity index (χ4n) is 2.28. The zero-order valence-corrected chi connectivity index (χ0v) is 14.3. The van der Waals surface area contributed by atoms with E-state index in [9.17, 15) is 4.39 Å². The van der Waals surface area contributed by atoms with E-state index >= 15 is 0 Å². The standard InChI is InChI=1S/C16H18BrFN2S/c1-20(9-14-7-12(17)10-21-14)16-5-2-11(6-15(16)18)8-19-13-3-4-13/h2,5-7,10,13,19H,3-4,8-9H2,1H3. The molecule has 0 atom stereocenters. The molecule has 0 aliphatic heterocycles. The number of halogens is 2. The second kappa shape index (κ2) is 6.46. The Morgan fingerprint density at radius 2 is 2.19 bits per heavy atom. The summed E-state index contributed by atoms with van der Waals surface area (Å²) in [5.74, 6) is -0.150. The van der Waals surface area contributed by atoms with Crippen LogP contribution in [0, 0.1) is 5.82 Å². The Morgan fingerprint density at radius 3 is 2.81 bits per heavy atom. The highest BCUT2D eigenvalue weighted by molar-refractivity contribution is 9.10. The van der Waals surface area contributed by atoms with Crippen LogP contribution >= 0.6 is 27.3 Å². The molecule has 21 heavy (non-hydrogen) atoms. The first-order valence-corrected chi connectivity index (χ1v) is 8.75. The van der Waals surface area contributed by atoms with Gasteiger partial charge in [-0.05, 0) is 52.5 Å². The summed E-state index contributed by atoms with van der Waals surface area (Å²) in [7, 11) is 1.92. The topological polar surface area (TPSA) is 15.3 Å². The molecule has 0 radical (unpaired) electrons. The molecule has 2 aromatic rings. The molecule has 3 rings (SSSR count). The molecule has 5 heteroatoms. The maximum atomic E-state index is 14.3. The van der Waals surface area contributed by atoms with Crippen molar-refractivity contribution < 1.29 is 4.39 Å². The lowest BCUT2D eigenvalue weighted by molar-refractivity contribution is 0.615. The Bertz CT molecular complexity index is 624. The second-order valence-corrected chi connectivity index (χ2v) is 7.44. The lowest BCUT2D eigenvalue weighted by atomic mass is 10.2. The summed E-state index contributed by atoms with van der Waals surface area (Å²) in [6, 6.07) is 8.25. The summed E-state index contributed by atoms with van der Waals surface area (Å²) < 4.78 is 15.4. The molecule has 0 unspecified atom stereocenters. The molecule has 1 aromatic carbocycles. The van der Waals surface area contributed by atoms with E-state index in [2.05, 4.69) is 27.3 Å². The second-order valence-electron chi connectivity index (χ2n) is 5.53. The lowest BCUT2D eigenvalue weighted by Gasteiger charge is -2.19. The van der Waals surface area contributed by atoms with Crippen molar-refractivity contribution in [2.75, 3.05) is 11.9 Å². The van der Waals surface area contributed by atoms with E-state index in [0.29, 0.717) is 18.3 Å². The van der Waals surface area contributed by atoms with Gasteiger partial charge in [-0.2, -0.15) is 0 Å². The first-order chi connectivity index (χ1) is 10.1. The van der Waals surface area contributed by atoms with Crippen molar-refractivity contribution in [1.29, 1.82) is 0 Å². The Kier molecular flexibility index (Phi) is 4.62. The van der Waals surface area contributed by atoms with Crippen LogP contribution in [-0.4, -0.2) is 13.1 Å². The molecule has 1 aliphatic carbocycles. The number of benzene rings is 1. The summed E-state index contributed by atoms with van der Waals surface area (Å²) in [6.07, 6.45) is 2.50. The van der Waals surface area contributed by atoms with E-state index in [1.54, 1.807) is 17.4 Å². The van der Waals surface area contributed by atoms with Crippen LogP contribution in [0.5, 0.6) is 0 Å². The first kappa shape index (κ1) is 15.0. The van der Waals surface area contributed by atoms with Gasteiger partial charge in [-0.15, -0.1) is 11.3 Å². The van der Waals surface area contributed by atoms with Crippen molar-refractivity contribution in [3.05, 3.63) is 50.4 Å². The van der Waals surface area contributed by atoms with Crippen LogP contribution in [0.4, 0.5) is 10.1 Å². The zero-order valence-electron chi connectivity index (χ0n) is 11.9. The van der Waals surface area contributed by atoms with Crippen molar-refractivity contribution in [1.82, 2.24) is 5.32 Å². The average molecular weight is 369 g/mol. The molecule has 1 saturated carbocycles. The predicted octanol–water partition coefficient (Wildman–Crippen LogP) is 4.54. The van der Waals surface area contributed by atoms with Gasteiger partial charge < -0.3 is 10.2 Å². The van der Waals surface area contributed by atoms with Gasteiger partial charge in [0, 0.05) is 34.4 Å². The minimum Gasteiger partial charge on any atom is -0.367 e. The highest BCUT2D eigenvalue weighted by Gasteiger charge is 2.20. The van der Waals surface area contributed by atoms with Crippen LogP contribution in [-0.2, 0) is 13.1 Å². The van der Waals surface area contributed by atoms with Crippen LogP contribution < -0.4 is 10.2 Å². The largest absolute Gasteiger partial charge is 0.367 e. The summed E-state index contributed by atoms with van der Waals surface area (Å²) in [6.45, 7) is 1.47. The van der Waals surface area contributed by atoms with Gasteiger partial charge in [-0.1, -0.05) is 6.07 Å². The molecule has 0 saturated heterocycles. The van der Waals surface area contributed by atoms with Gasteiger partial charge in [0.05, 0.1) is 12.2 Å². The SMILES string of the molecule is CN(Cc1cc(Br)cs1)c1ccc(CNC2CC2)cc1F. The summed E-state index contributed by atoms with van der Waals surface area (Å²) in [5.41, 5.74) is 1.66. The number of nitrogens with one attached hydrogen (secondary N) is 1. The third kappa shape index (κ3) is 4.05. The van der Waals surface area contributed by atoms with E-state index in [0.717, 1.165) is 16.6 Å². The molecule has 112 valence electrons. The summed E-state index contributed by atoms with van der Waals surface area (Å²) >= 11 is 5.13. The number of anilines is 1. The molecule has 2 nitrogen and oxygen atoms in total. The molecular weight excluding hydrogens is 351 g/mol. The van der Waals surface area contributed by atoms with Crippen molar-refractivity contribution in [3.8, 4) is 0 Å². The number of hydrogen-bond acceptors (Lipinski definition) is 3. The van der Waals surface area contributed by atoms with Crippen LogP contribution in [0.25, 0.3) is 0 Å². The van der Waals surface area contributed by atoms with Crippen molar-refractivity contribution in [3.63, 3.8) is 0 Å². The fraction of sp³-hybridized carbons (Fsp3) is 0.375.